The molecule has 1 rings (SSSR count). The lowest BCUT2D eigenvalue weighted by atomic mass is 10.2. The second-order valence-electron chi connectivity index (χ2n) is 4.10. The third-order valence-corrected chi connectivity index (χ3v) is 2.57. The Labute approximate surface area is 99.8 Å². The molecule has 1 heterocycles. The Balaban J connectivity index is 2.04. The summed E-state index contributed by atoms with van der Waals surface area (Å²) in [6.45, 7) is 4.35. The van der Waals surface area contributed by atoms with E-state index in [9.17, 15) is 13.2 Å². The van der Waals surface area contributed by atoms with Gasteiger partial charge in [0.1, 0.15) is 0 Å². The molecular weight excluding hydrogens is 229 g/mol. The quantitative estimate of drug-likeness (QED) is 0.732. The van der Waals surface area contributed by atoms with E-state index in [0.717, 1.165) is 13.1 Å². The van der Waals surface area contributed by atoms with Gasteiger partial charge in [-0.05, 0) is 37.9 Å². The molecule has 0 radical (unpaired) electrons. The molecular formula is C12H19F3N2. The van der Waals surface area contributed by atoms with Gasteiger partial charge in [0.15, 0.2) is 0 Å². The lowest BCUT2D eigenvalue weighted by molar-refractivity contribution is -0.135. The van der Waals surface area contributed by atoms with Gasteiger partial charge in [0.25, 0.3) is 0 Å². The third kappa shape index (κ3) is 6.36. The number of aryl methyl sites for hydroxylation is 1. The van der Waals surface area contributed by atoms with E-state index in [1.54, 1.807) is 0 Å². The summed E-state index contributed by atoms with van der Waals surface area (Å²) in [5, 5.41) is 3.14. The molecule has 0 fully saturated rings. The Hall–Kier alpha value is -0.970. The van der Waals surface area contributed by atoms with Gasteiger partial charge in [0.05, 0.1) is 0 Å². The van der Waals surface area contributed by atoms with Crippen molar-refractivity contribution in [3.05, 3.63) is 24.0 Å². The molecule has 0 unspecified atom stereocenters. The largest absolute Gasteiger partial charge is 0.389 e. The topological polar surface area (TPSA) is 17.0 Å². The molecule has 5 heteroatoms. The molecule has 98 valence electrons. The Morgan fingerprint density at radius 2 is 2.06 bits per heavy atom. The van der Waals surface area contributed by atoms with Crippen LogP contribution < -0.4 is 5.32 Å². The number of alkyl halides is 3. The van der Waals surface area contributed by atoms with Gasteiger partial charge in [-0.15, -0.1) is 0 Å². The highest BCUT2D eigenvalue weighted by Crippen LogP contribution is 2.21. The van der Waals surface area contributed by atoms with Gasteiger partial charge < -0.3 is 9.88 Å². The molecule has 0 saturated heterocycles. The van der Waals surface area contributed by atoms with Crippen molar-refractivity contribution in [1.82, 2.24) is 9.88 Å². The molecule has 1 aromatic rings. The highest BCUT2D eigenvalue weighted by atomic mass is 19.4. The summed E-state index contributed by atoms with van der Waals surface area (Å²) in [7, 11) is 0. The smallest absolute Gasteiger partial charge is 0.354 e. The third-order valence-electron chi connectivity index (χ3n) is 2.57. The van der Waals surface area contributed by atoms with Crippen LogP contribution in [0.5, 0.6) is 0 Å². The van der Waals surface area contributed by atoms with E-state index < -0.39 is 12.6 Å². The summed E-state index contributed by atoms with van der Waals surface area (Å²) in [5.41, 5.74) is 1.17. The zero-order valence-electron chi connectivity index (χ0n) is 10.1. The highest BCUT2D eigenvalue weighted by Gasteiger charge is 2.25. The van der Waals surface area contributed by atoms with Gasteiger partial charge in [-0.3, -0.25) is 0 Å². The number of nitrogens with one attached hydrogen (secondary N) is 1. The van der Waals surface area contributed by atoms with Crippen LogP contribution in [0.2, 0.25) is 0 Å². The van der Waals surface area contributed by atoms with E-state index in [4.69, 9.17) is 0 Å². The Kier molecular flexibility index (Phi) is 5.55. The second-order valence-corrected chi connectivity index (χ2v) is 4.10. The zero-order valence-corrected chi connectivity index (χ0v) is 10.1. The van der Waals surface area contributed by atoms with Crippen LogP contribution in [0.4, 0.5) is 13.2 Å². The molecule has 17 heavy (non-hydrogen) atoms. The van der Waals surface area contributed by atoms with Crippen LogP contribution in [0, 0.1) is 0 Å². The average Bonchev–Trinajstić information content (AvgIpc) is 2.69. The summed E-state index contributed by atoms with van der Waals surface area (Å²) in [6, 6.07) is 2.02. The van der Waals surface area contributed by atoms with Crippen molar-refractivity contribution in [3.8, 4) is 0 Å². The van der Waals surface area contributed by atoms with Crippen molar-refractivity contribution < 1.29 is 13.2 Å². The van der Waals surface area contributed by atoms with Crippen LogP contribution in [0.25, 0.3) is 0 Å². The predicted octanol–water partition coefficient (Wildman–Crippen LogP) is 3.33. The van der Waals surface area contributed by atoms with Gasteiger partial charge in [-0.2, -0.15) is 13.2 Å². The SMILES string of the molecule is CCn1ccc(CNCCCCC(F)(F)F)c1. The maximum atomic E-state index is 11.8. The van der Waals surface area contributed by atoms with Gasteiger partial charge >= 0.3 is 6.18 Å². The van der Waals surface area contributed by atoms with Gasteiger partial charge in [0.2, 0.25) is 0 Å². The highest BCUT2D eigenvalue weighted by molar-refractivity contribution is 5.09. The fourth-order valence-electron chi connectivity index (χ4n) is 1.60. The number of aromatic nitrogens is 1. The van der Waals surface area contributed by atoms with E-state index in [-0.39, 0.29) is 6.42 Å². The van der Waals surface area contributed by atoms with Gasteiger partial charge in [-0.25, -0.2) is 0 Å². The normalized spacial score (nSPS) is 12.0. The number of hydrogen-bond acceptors (Lipinski definition) is 1. The van der Waals surface area contributed by atoms with E-state index in [1.807, 2.05) is 18.5 Å². The van der Waals surface area contributed by atoms with Crippen LogP contribution in [0.1, 0.15) is 31.7 Å². The van der Waals surface area contributed by atoms with Crippen molar-refractivity contribution in [3.63, 3.8) is 0 Å². The first-order valence-electron chi connectivity index (χ1n) is 5.93. The van der Waals surface area contributed by atoms with Crippen LogP contribution in [-0.2, 0) is 13.1 Å². The van der Waals surface area contributed by atoms with Crippen molar-refractivity contribution in [2.45, 2.75) is 45.5 Å². The molecule has 0 saturated carbocycles. The van der Waals surface area contributed by atoms with E-state index >= 15 is 0 Å². The van der Waals surface area contributed by atoms with E-state index in [0.29, 0.717) is 13.0 Å². The zero-order chi connectivity index (χ0) is 12.7. The number of hydrogen-bond donors (Lipinski definition) is 1. The summed E-state index contributed by atoms with van der Waals surface area (Å²) in [6.07, 6.45) is 0.114. The average molecular weight is 248 g/mol. The summed E-state index contributed by atoms with van der Waals surface area (Å²) < 4.78 is 37.6. The second kappa shape index (κ2) is 6.69. The molecule has 1 aromatic heterocycles. The maximum Gasteiger partial charge on any atom is 0.389 e. The van der Waals surface area contributed by atoms with Crippen LogP contribution >= 0.6 is 0 Å². The monoisotopic (exact) mass is 248 g/mol. The molecule has 0 spiro atoms. The number of halogens is 3. The maximum absolute atomic E-state index is 11.8. The van der Waals surface area contributed by atoms with Crippen LogP contribution in [0.15, 0.2) is 18.5 Å². The van der Waals surface area contributed by atoms with E-state index in [2.05, 4.69) is 16.8 Å². The minimum absolute atomic E-state index is 0.201. The lowest BCUT2D eigenvalue weighted by Gasteiger charge is -2.06. The first kappa shape index (κ1) is 14.1. The number of nitrogens with zero attached hydrogens (tertiary/aromatic N) is 1. The molecule has 0 aliphatic rings. The minimum atomic E-state index is -4.02. The van der Waals surface area contributed by atoms with Crippen LogP contribution in [-0.4, -0.2) is 17.3 Å². The van der Waals surface area contributed by atoms with Crippen molar-refractivity contribution in [1.29, 1.82) is 0 Å². The molecule has 0 aromatic carbocycles. The predicted molar refractivity (Wildman–Crippen MR) is 61.7 cm³/mol. The van der Waals surface area contributed by atoms with Gasteiger partial charge in [0, 0.05) is 31.9 Å². The molecule has 0 amide bonds. The molecule has 0 aliphatic carbocycles. The fourth-order valence-corrected chi connectivity index (χ4v) is 1.60. The molecule has 2 nitrogen and oxygen atoms in total. The minimum Gasteiger partial charge on any atom is -0.354 e. The molecule has 1 N–H and O–H groups in total. The molecule has 0 bridgehead atoms. The first-order chi connectivity index (χ1) is 8.01. The molecule has 0 atom stereocenters. The lowest BCUT2D eigenvalue weighted by Crippen LogP contribution is -2.15. The molecule has 0 aliphatic heterocycles. The Bertz CT molecular complexity index is 318. The number of unbranched alkanes of at least 4 members (excludes halogenated alkanes) is 1. The Morgan fingerprint density at radius 3 is 2.65 bits per heavy atom. The summed E-state index contributed by atoms with van der Waals surface area (Å²) >= 11 is 0. The Morgan fingerprint density at radius 1 is 1.29 bits per heavy atom. The van der Waals surface area contributed by atoms with E-state index in [1.165, 1.54) is 5.56 Å². The number of rotatable bonds is 7. The summed E-state index contributed by atoms with van der Waals surface area (Å²) in [4.78, 5) is 0. The van der Waals surface area contributed by atoms with Crippen molar-refractivity contribution in [2.24, 2.45) is 0 Å². The van der Waals surface area contributed by atoms with Crippen LogP contribution in [0.3, 0.4) is 0 Å². The fraction of sp³-hybridized carbons (Fsp3) is 0.667. The standard InChI is InChI=1S/C12H19F3N2/c1-2-17-8-5-11(10-17)9-16-7-4-3-6-12(13,14)15/h5,8,10,16H,2-4,6-7,9H2,1H3. The summed E-state index contributed by atoms with van der Waals surface area (Å²) in [5.74, 6) is 0. The van der Waals surface area contributed by atoms with Gasteiger partial charge in [-0.1, -0.05) is 0 Å². The van der Waals surface area contributed by atoms with Crippen molar-refractivity contribution >= 4 is 0 Å². The van der Waals surface area contributed by atoms with Crippen molar-refractivity contribution in [2.75, 3.05) is 6.54 Å². The first-order valence-corrected chi connectivity index (χ1v) is 5.93.